The van der Waals surface area contributed by atoms with Crippen molar-refractivity contribution in [3.63, 3.8) is 0 Å². The Morgan fingerprint density at radius 2 is 2.04 bits per heavy atom. The van der Waals surface area contributed by atoms with Crippen molar-refractivity contribution in [2.75, 3.05) is 12.4 Å². The van der Waals surface area contributed by atoms with Crippen molar-refractivity contribution in [1.29, 1.82) is 0 Å². The van der Waals surface area contributed by atoms with Crippen molar-refractivity contribution in [2.24, 2.45) is 0 Å². The van der Waals surface area contributed by atoms with E-state index in [0.717, 1.165) is 20.9 Å². The van der Waals surface area contributed by atoms with Gasteiger partial charge >= 0.3 is 0 Å². The summed E-state index contributed by atoms with van der Waals surface area (Å²) in [6.45, 7) is 0. The van der Waals surface area contributed by atoms with Crippen LogP contribution in [0, 0.1) is 0 Å². The highest BCUT2D eigenvalue weighted by Gasteiger charge is 2.10. The fraction of sp³-hybridized carbons (Fsp3) is 0.111. The Labute approximate surface area is 152 Å². The largest absolute Gasteiger partial charge is 0.481 e. The number of aromatic nitrogens is 1. The molecule has 0 spiro atoms. The highest BCUT2D eigenvalue weighted by molar-refractivity contribution is 9.10. The molecule has 6 heteroatoms. The van der Waals surface area contributed by atoms with Crippen LogP contribution in [0.5, 0.6) is 5.88 Å². The Morgan fingerprint density at radius 1 is 1.25 bits per heavy atom. The highest BCUT2D eigenvalue weighted by atomic mass is 79.9. The molecule has 0 aliphatic carbocycles. The SMILES string of the molecule is COc1ccc2c(Br)cc(NC(=O)Cc3ccccc3Cl)cc2n1. The number of benzene rings is 2. The first-order valence-electron chi connectivity index (χ1n) is 7.24. The zero-order chi connectivity index (χ0) is 17.1. The molecule has 0 bridgehead atoms. The molecule has 0 fully saturated rings. The van der Waals surface area contributed by atoms with Gasteiger partial charge in [-0.3, -0.25) is 4.79 Å². The first kappa shape index (κ1) is 16.7. The molecule has 4 nitrogen and oxygen atoms in total. The van der Waals surface area contributed by atoms with Crippen LogP contribution in [0.4, 0.5) is 5.69 Å². The van der Waals surface area contributed by atoms with Crippen LogP contribution in [-0.2, 0) is 11.2 Å². The molecule has 0 aliphatic heterocycles. The summed E-state index contributed by atoms with van der Waals surface area (Å²) >= 11 is 9.61. The van der Waals surface area contributed by atoms with Gasteiger partial charge in [-0.1, -0.05) is 45.7 Å². The molecule has 0 saturated heterocycles. The van der Waals surface area contributed by atoms with Crippen molar-refractivity contribution in [1.82, 2.24) is 4.98 Å². The lowest BCUT2D eigenvalue weighted by Crippen LogP contribution is -2.14. The summed E-state index contributed by atoms with van der Waals surface area (Å²) in [6, 6.07) is 14.7. The van der Waals surface area contributed by atoms with Crippen molar-refractivity contribution < 1.29 is 9.53 Å². The van der Waals surface area contributed by atoms with Gasteiger partial charge in [-0.05, 0) is 29.8 Å². The molecule has 2 aromatic carbocycles. The predicted octanol–water partition coefficient (Wildman–Crippen LogP) is 4.84. The Morgan fingerprint density at radius 3 is 2.79 bits per heavy atom. The predicted molar refractivity (Wildman–Crippen MR) is 99.8 cm³/mol. The molecule has 0 atom stereocenters. The summed E-state index contributed by atoms with van der Waals surface area (Å²) in [5.74, 6) is 0.381. The topological polar surface area (TPSA) is 51.2 Å². The first-order valence-corrected chi connectivity index (χ1v) is 8.41. The Balaban J connectivity index is 1.84. The monoisotopic (exact) mass is 404 g/mol. The number of carbonyl (C=O) groups excluding carboxylic acids is 1. The molecule has 1 aromatic heterocycles. The smallest absolute Gasteiger partial charge is 0.228 e. The third kappa shape index (κ3) is 3.68. The summed E-state index contributed by atoms with van der Waals surface area (Å²) < 4.78 is 6.00. The average molecular weight is 406 g/mol. The zero-order valence-corrected chi connectivity index (χ0v) is 15.2. The number of amides is 1. The van der Waals surface area contributed by atoms with Crippen LogP contribution in [0.25, 0.3) is 10.9 Å². The summed E-state index contributed by atoms with van der Waals surface area (Å²) in [7, 11) is 1.57. The Kier molecular flexibility index (Phi) is 5.02. The third-order valence-corrected chi connectivity index (χ3v) is 4.56. The molecule has 0 aliphatic rings. The van der Waals surface area contributed by atoms with Crippen LogP contribution < -0.4 is 10.1 Å². The summed E-state index contributed by atoms with van der Waals surface area (Å²) in [4.78, 5) is 16.7. The minimum Gasteiger partial charge on any atom is -0.481 e. The zero-order valence-electron chi connectivity index (χ0n) is 12.8. The molecule has 1 amide bonds. The number of nitrogens with zero attached hydrogens (tertiary/aromatic N) is 1. The van der Waals surface area contributed by atoms with Gasteiger partial charge in [-0.25, -0.2) is 4.98 Å². The van der Waals surface area contributed by atoms with Crippen LogP contribution in [0.2, 0.25) is 5.02 Å². The maximum atomic E-state index is 12.3. The standard InChI is InChI=1S/C18H14BrClN2O2/c1-24-18-7-6-13-14(19)9-12(10-16(13)22-18)21-17(23)8-11-4-2-3-5-15(11)20/h2-7,9-10H,8H2,1H3,(H,21,23). The number of ether oxygens (including phenoxy) is 1. The van der Waals surface area contributed by atoms with Crippen molar-refractivity contribution in [2.45, 2.75) is 6.42 Å². The fourth-order valence-corrected chi connectivity index (χ4v) is 3.16. The van der Waals surface area contributed by atoms with Gasteiger partial charge in [0.15, 0.2) is 0 Å². The molecule has 122 valence electrons. The molecular weight excluding hydrogens is 392 g/mol. The maximum Gasteiger partial charge on any atom is 0.228 e. The number of hydrogen-bond acceptors (Lipinski definition) is 3. The average Bonchev–Trinajstić information content (AvgIpc) is 2.56. The van der Waals surface area contributed by atoms with Gasteiger partial charge in [0, 0.05) is 26.6 Å². The lowest BCUT2D eigenvalue weighted by atomic mass is 10.1. The normalized spacial score (nSPS) is 10.6. The molecule has 0 radical (unpaired) electrons. The van der Waals surface area contributed by atoms with Gasteiger partial charge in [0.05, 0.1) is 19.0 Å². The van der Waals surface area contributed by atoms with Crippen LogP contribution in [-0.4, -0.2) is 18.0 Å². The second-order valence-electron chi connectivity index (χ2n) is 5.19. The van der Waals surface area contributed by atoms with E-state index in [1.54, 1.807) is 19.2 Å². The van der Waals surface area contributed by atoms with Crippen LogP contribution in [0.3, 0.4) is 0 Å². The number of nitrogens with one attached hydrogen (secondary N) is 1. The number of carbonyl (C=O) groups is 1. The van der Waals surface area contributed by atoms with Gasteiger partial charge < -0.3 is 10.1 Å². The van der Waals surface area contributed by atoms with Crippen molar-refractivity contribution in [3.8, 4) is 5.88 Å². The van der Waals surface area contributed by atoms with Gasteiger partial charge in [-0.15, -0.1) is 0 Å². The highest BCUT2D eigenvalue weighted by Crippen LogP contribution is 2.29. The lowest BCUT2D eigenvalue weighted by Gasteiger charge is -2.09. The molecule has 24 heavy (non-hydrogen) atoms. The van der Waals surface area contributed by atoms with E-state index < -0.39 is 0 Å². The van der Waals surface area contributed by atoms with E-state index in [1.165, 1.54) is 0 Å². The van der Waals surface area contributed by atoms with E-state index in [-0.39, 0.29) is 12.3 Å². The minimum absolute atomic E-state index is 0.141. The number of rotatable bonds is 4. The molecule has 1 heterocycles. The van der Waals surface area contributed by atoms with E-state index in [4.69, 9.17) is 16.3 Å². The van der Waals surface area contributed by atoms with E-state index in [9.17, 15) is 4.79 Å². The number of anilines is 1. The number of pyridine rings is 1. The lowest BCUT2D eigenvalue weighted by molar-refractivity contribution is -0.115. The molecule has 3 aromatic rings. The number of methoxy groups -OCH3 is 1. The van der Waals surface area contributed by atoms with E-state index >= 15 is 0 Å². The maximum absolute atomic E-state index is 12.3. The molecule has 0 unspecified atom stereocenters. The summed E-state index contributed by atoms with van der Waals surface area (Å²) in [5.41, 5.74) is 2.18. The second kappa shape index (κ2) is 7.20. The second-order valence-corrected chi connectivity index (χ2v) is 6.46. The van der Waals surface area contributed by atoms with Gasteiger partial charge in [0.25, 0.3) is 0 Å². The van der Waals surface area contributed by atoms with E-state index in [0.29, 0.717) is 16.6 Å². The Hall–Kier alpha value is -2.11. The van der Waals surface area contributed by atoms with Gasteiger partial charge in [0.1, 0.15) is 0 Å². The van der Waals surface area contributed by atoms with Gasteiger partial charge in [0.2, 0.25) is 11.8 Å². The van der Waals surface area contributed by atoms with Crippen molar-refractivity contribution >= 4 is 50.0 Å². The molecule has 3 rings (SSSR count). The van der Waals surface area contributed by atoms with E-state index in [1.807, 2.05) is 36.4 Å². The molecule has 1 N–H and O–H groups in total. The summed E-state index contributed by atoms with van der Waals surface area (Å²) in [6.07, 6.45) is 0.209. The first-order chi connectivity index (χ1) is 11.6. The van der Waals surface area contributed by atoms with E-state index in [2.05, 4.69) is 26.2 Å². The quantitative estimate of drug-likeness (QED) is 0.675. The molecule has 0 saturated carbocycles. The molecular formula is C18H14BrClN2O2. The van der Waals surface area contributed by atoms with Crippen molar-refractivity contribution in [3.05, 3.63) is 63.6 Å². The van der Waals surface area contributed by atoms with Crippen LogP contribution in [0.1, 0.15) is 5.56 Å². The minimum atomic E-state index is -0.141. The third-order valence-electron chi connectivity index (χ3n) is 3.53. The van der Waals surface area contributed by atoms with Crippen LogP contribution in [0.15, 0.2) is 53.0 Å². The Bertz CT molecular complexity index is 915. The number of fused-ring (bicyclic) bond motifs is 1. The number of hydrogen-bond donors (Lipinski definition) is 1. The number of halogens is 2. The van der Waals surface area contributed by atoms with Crippen LogP contribution >= 0.6 is 27.5 Å². The fourth-order valence-electron chi connectivity index (χ4n) is 2.38. The van der Waals surface area contributed by atoms with Gasteiger partial charge in [-0.2, -0.15) is 0 Å². The summed E-state index contributed by atoms with van der Waals surface area (Å²) in [5, 5.41) is 4.41.